The van der Waals surface area contributed by atoms with Gasteiger partial charge in [-0.05, 0) is 39.3 Å². The Balaban J connectivity index is 1.91. The summed E-state index contributed by atoms with van der Waals surface area (Å²) in [4.78, 5) is 2.44. The quantitative estimate of drug-likeness (QED) is 0.723. The van der Waals surface area contributed by atoms with Crippen LogP contribution < -0.4 is 5.32 Å². The first kappa shape index (κ1) is 15.2. The molecule has 0 amide bonds. The van der Waals surface area contributed by atoms with E-state index in [1.807, 2.05) is 6.92 Å². The van der Waals surface area contributed by atoms with E-state index in [1.54, 1.807) is 4.31 Å². The van der Waals surface area contributed by atoms with Crippen LogP contribution in [0.4, 0.5) is 0 Å². The standard InChI is InChI=1S/C13H27N3O2S/c1-3-6-14-10-12(2)19(17,18)16-9-8-15-7-4-5-13(15)11-16/h12-14H,3-11H2,1-2H3. The molecule has 2 rings (SSSR count). The summed E-state index contributed by atoms with van der Waals surface area (Å²) in [6.07, 6.45) is 3.40. The molecule has 19 heavy (non-hydrogen) atoms. The first-order chi connectivity index (χ1) is 9.05. The van der Waals surface area contributed by atoms with Gasteiger partial charge >= 0.3 is 0 Å². The lowest BCUT2D eigenvalue weighted by molar-refractivity contribution is 0.157. The van der Waals surface area contributed by atoms with E-state index in [1.165, 1.54) is 6.42 Å². The summed E-state index contributed by atoms with van der Waals surface area (Å²) in [6, 6.07) is 0.458. The largest absolute Gasteiger partial charge is 0.315 e. The lowest BCUT2D eigenvalue weighted by Crippen LogP contribution is -2.54. The summed E-state index contributed by atoms with van der Waals surface area (Å²) in [5, 5.41) is 2.88. The highest BCUT2D eigenvalue weighted by Crippen LogP contribution is 2.24. The maximum Gasteiger partial charge on any atom is 0.218 e. The minimum absolute atomic E-state index is 0.327. The van der Waals surface area contributed by atoms with Crippen molar-refractivity contribution in [1.82, 2.24) is 14.5 Å². The fourth-order valence-corrected chi connectivity index (χ4v) is 4.59. The highest BCUT2D eigenvalue weighted by Gasteiger charge is 2.37. The predicted molar refractivity (Wildman–Crippen MR) is 77.7 cm³/mol. The zero-order valence-electron chi connectivity index (χ0n) is 12.1. The number of sulfonamides is 1. The van der Waals surface area contributed by atoms with E-state index in [9.17, 15) is 8.42 Å². The molecule has 112 valence electrons. The Hall–Kier alpha value is -0.170. The van der Waals surface area contributed by atoms with Crippen molar-refractivity contribution >= 4 is 10.0 Å². The summed E-state index contributed by atoms with van der Waals surface area (Å²) in [5.41, 5.74) is 0. The minimum atomic E-state index is -3.14. The summed E-state index contributed by atoms with van der Waals surface area (Å²) in [7, 11) is -3.14. The number of nitrogens with zero attached hydrogens (tertiary/aromatic N) is 2. The first-order valence-electron chi connectivity index (χ1n) is 7.49. The molecule has 2 atom stereocenters. The molecule has 2 fully saturated rings. The molecule has 0 bridgehead atoms. The van der Waals surface area contributed by atoms with Gasteiger partial charge in [0, 0.05) is 32.2 Å². The molecule has 2 unspecified atom stereocenters. The van der Waals surface area contributed by atoms with Crippen LogP contribution in [0.3, 0.4) is 0 Å². The van der Waals surface area contributed by atoms with E-state index in [4.69, 9.17) is 0 Å². The smallest absolute Gasteiger partial charge is 0.218 e. The third-order valence-electron chi connectivity index (χ3n) is 4.28. The van der Waals surface area contributed by atoms with Crippen LogP contribution >= 0.6 is 0 Å². The van der Waals surface area contributed by atoms with Gasteiger partial charge in [0.1, 0.15) is 0 Å². The fraction of sp³-hybridized carbons (Fsp3) is 1.00. The molecule has 2 saturated heterocycles. The maximum atomic E-state index is 12.5. The second kappa shape index (κ2) is 6.52. The van der Waals surface area contributed by atoms with Crippen molar-refractivity contribution < 1.29 is 8.42 Å². The molecule has 0 saturated carbocycles. The fourth-order valence-electron chi connectivity index (χ4n) is 3.04. The second-order valence-electron chi connectivity index (χ2n) is 5.75. The van der Waals surface area contributed by atoms with Crippen LogP contribution in [-0.4, -0.2) is 68.2 Å². The molecule has 2 aliphatic rings. The molecular weight excluding hydrogens is 262 g/mol. The van der Waals surface area contributed by atoms with Crippen LogP contribution in [-0.2, 0) is 10.0 Å². The number of rotatable bonds is 6. The van der Waals surface area contributed by atoms with Gasteiger partial charge in [-0.15, -0.1) is 0 Å². The summed E-state index contributed by atoms with van der Waals surface area (Å²) >= 11 is 0. The lowest BCUT2D eigenvalue weighted by atomic mass is 10.2. The van der Waals surface area contributed by atoms with Crippen molar-refractivity contribution in [2.24, 2.45) is 0 Å². The Morgan fingerprint density at radius 3 is 2.84 bits per heavy atom. The minimum Gasteiger partial charge on any atom is -0.315 e. The first-order valence-corrected chi connectivity index (χ1v) is 8.99. The van der Waals surface area contributed by atoms with Gasteiger partial charge in [-0.25, -0.2) is 8.42 Å². The van der Waals surface area contributed by atoms with Gasteiger partial charge in [0.2, 0.25) is 10.0 Å². The van der Waals surface area contributed by atoms with E-state index in [-0.39, 0.29) is 5.25 Å². The van der Waals surface area contributed by atoms with Crippen molar-refractivity contribution in [3.05, 3.63) is 0 Å². The van der Waals surface area contributed by atoms with Crippen molar-refractivity contribution in [3.8, 4) is 0 Å². The number of fused-ring (bicyclic) bond motifs is 1. The van der Waals surface area contributed by atoms with E-state index in [2.05, 4.69) is 17.1 Å². The van der Waals surface area contributed by atoms with Crippen molar-refractivity contribution in [1.29, 1.82) is 0 Å². The summed E-state index contributed by atoms with van der Waals surface area (Å²) in [5.74, 6) is 0. The molecule has 1 N–H and O–H groups in total. The molecule has 0 aromatic rings. The highest BCUT2D eigenvalue weighted by atomic mass is 32.2. The maximum absolute atomic E-state index is 12.5. The second-order valence-corrected chi connectivity index (χ2v) is 8.10. The zero-order valence-corrected chi connectivity index (χ0v) is 13.0. The van der Waals surface area contributed by atoms with E-state index in [0.29, 0.717) is 25.7 Å². The van der Waals surface area contributed by atoms with Crippen molar-refractivity contribution in [2.45, 2.75) is 44.4 Å². The molecule has 0 aromatic carbocycles. The van der Waals surface area contributed by atoms with Gasteiger partial charge in [-0.2, -0.15) is 4.31 Å². The normalized spacial score (nSPS) is 27.4. The van der Waals surface area contributed by atoms with Crippen LogP contribution in [0, 0.1) is 0 Å². The molecular formula is C13H27N3O2S. The monoisotopic (exact) mass is 289 g/mol. The number of piperazine rings is 1. The molecule has 2 aliphatic heterocycles. The number of nitrogens with one attached hydrogen (secondary N) is 1. The van der Waals surface area contributed by atoms with Crippen LogP contribution in [0.5, 0.6) is 0 Å². The Bertz CT molecular complexity index is 385. The van der Waals surface area contributed by atoms with Gasteiger partial charge in [0.15, 0.2) is 0 Å². The summed E-state index contributed by atoms with van der Waals surface area (Å²) in [6.45, 7) is 8.75. The van der Waals surface area contributed by atoms with E-state index < -0.39 is 10.0 Å². The van der Waals surface area contributed by atoms with Gasteiger partial charge in [0.25, 0.3) is 0 Å². The molecule has 0 aliphatic carbocycles. The van der Waals surface area contributed by atoms with Crippen LogP contribution in [0.15, 0.2) is 0 Å². The Morgan fingerprint density at radius 2 is 2.11 bits per heavy atom. The Labute approximate surface area is 117 Å². The SMILES string of the molecule is CCCNCC(C)S(=O)(=O)N1CCN2CCCC2C1. The number of hydrogen-bond acceptors (Lipinski definition) is 4. The van der Waals surface area contributed by atoms with Gasteiger partial charge < -0.3 is 5.32 Å². The third-order valence-corrected chi connectivity index (χ3v) is 6.51. The molecule has 0 spiro atoms. The Kier molecular flexibility index (Phi) is 5.22. The average Bonchev–Trinajstić information content (AvgIpc) is 2.85. The molecule has 0 radical (unpaired) electrons. The molecule has 5 nitrogen and oxygen atoms in total. The lowest BCUT2D eigenvalue weighted by Gasteiger charge is -2.37. The van der Waals surface area contributed by atoms with E-state index >= 15 is 0 Å². The highest BCUT2D eigenvalue weighted by molar-refractivity contribution is 7.89. The van der Waals surface area contributed by atoms with Crippen LogP contribution in [0.2, 0.25) is 0 Å². The van der Waals surface area contributed by atoms with Crippen LogP contribution in [0.1, 0.15) is 33.1 Å². The summed E-state index contributed by atoms with van der Waals surface area (Å²) < 4.78 is 26.8. The van der Waals surface area contributed by atoms with Crippen LogP contribution in [0.25, 0.3) is 0 Å². The Morgan fingerprint density at radius 1 is 1.32 bits per heavy atom. The zero-order chi connectivity index (χ0) is 13.9. The molecule has 6 heteroatoms. The average molecular weight is 289 g/mol. The van der Waals surface area contributed by atoms with Gasteiger partial charge in [0.05, 0.1) is 5.25 Å². The van der Waals surface area contributed by atoms with Gasteiger partial charge in [-0.3, -0.25) is 4.90 Å². The third kappa shape index (κ3) is 3.48. The molecule has 2 heterocycles. The van der Waals surface area contributed by atoms with Crippen molar-refractivity contribution in [3.63, 3.8) is 0 Å². The number of hydrogen-bond donors (Lipinski definition) is 1. The van der Waals surface area contributed by atoms with E-state index in [0.717, 1.165) is 32.5 Å². The predicted octanol–water partition coefficient (Wildman–Crippen LogP) is 0.484. The molecule has 0 aromatic heterocycles. The van der Waals surface area contributed by atoms with Gasteiger partial charge in [-0.1, -0.05) is 6.92 Å². The topological polar surface area (TPSA) is 52.7 Å². The van der Waals surface area contributed by atoms with Crippen molar-refractivity contribution in [2.75, 3.05) is 39.3 Å².